The molecule has 0 aliphatic heterocycles. The molecule has 0 spiro atoms. The molecule has 11 nitrogen and oxygen atoms in total. The molecule has 1 aliphatic carbocycles. The molecule has 27 heavy (non-hydrogen) atoms. The van der Waals surface area contributed by atoms with Crippen molar-refractivity contribution in [3.63, 3.8) is 0 Å². The summed E-state index contributed by atoms with van der Waals surface area (Å²) < 4.78 is 0. The number of benzene rings is 2. The summed E-state index contributed by atoms with van der Waals surface area (Å²) in [6, 6.07) is 8.79. The van der Waals surface area contributed by atoms with Crippen LogP contribution in [0.15, 0.2) is 35.9 Å². The van der Waals surface area contributed by atoms with E-state index in [1.807, 2.05) is 0 Å². The van der Waals surface area contributed by atoms with Crippen LogP contribution in [-0.2, 0) is 0 Å². The standard InChI is InChI=1S/C16H5N5O6/c17-6-8(7-18)16-12-3-9(19(22)23)1-2-10(12)11-4-14(20(24)25)15(21(26)27)5-13(11)16/h1-5H. The second kappa shape index (κ2) is 6.02. The number of nitriles is 2. The van der Waals surface area contributed by atoms with Gasteiger partial charge in [0.15, 0.2) is 0 Å². The third-order valence-corrected chi connectivity index (χ3v) is 4.02. The number of hydrogen-bond donors (Lipinski definition) is 0. The Balaban J connectivity index is 2.48. The van der Waals surface area contributed by atoms with Gasteiger partial charge in [0.1, 0.15) is 17.7 Å². The highest BCUT2D eigenvalue weighted by molar-refractivity contribution is 6.05. The van der Waals surface area contributed by atoms with Gasteiger partial charge in [0, 0.05) is 29.8 Å². The van der Waals surface area contributed by atoms with Crippen LogP contribution in [0.4, 0.5) is 17.1 Å². The van der Waals surface area contributed by atoms with E-state index in [1.165, 1.54) is 6.07 Å². The van der Waals surface area contributed by atoms with E-state index in [0.717, 1.165) is 24.3 Å². The zero-order valence-electron chi connectivity index (χ0n) is 13.1. The minimum absolute atomic E-state index is 0.0355. The topological polar surface area (TPSA) is 177 Å². The lowest BCUT2D eigenvalue weighted by molar-refractivity contribution is -0.422. The van der Waals surface area contributed by atoms with Crippen LogP contribution < -0.4 is 0 Å². The Morgan fingerprint density at radius 1 is 0.741 bits per heavy atom. The predicted molar refractivity (Wildman–Crippen MR) is 89.1 cm³/mol. The molecule has 2 aromatic carbocycles. The van der Waals surface area contributed by atoms with Crippen molar-refractivity contribution in [3.8, 4) is 23.3 Å². The molecule has 3 rings (SSSR count). The van der Waals surface area contributed by atoms with Crippen LogP contribution in [0, 0.1) is 53.0 Å². The molecule has 0 saturated heterocycles. The zero-order valence-corrected chi connectivity index (χ0v) is 13.1. The summed E-state index contributed by atoms with van der Waals surface area (Å²) in [4.78, 5) is 30.9. The minimum Gasteiger partial charge on any atom is -0.258 e. The van der Waals surface area contributed by atoms with Crippen LogP contribution >= 0.6 is 0 Å². The summed E-state index contributed by atoms with van der Waals surface area (Å²) in [6.07, 6.45) is 0. The monoisotopic (exact) mass is 363 g/mol. The lowest BCUT2D eigenvalue weighted by Crippen LogP contribution is -1.98. The molecule has 0 bridgehead atoms. The van der Waals surface area contributed by atoms with E-state index in [-0.39, 0.29) is 28.0 Å². The highest BCUT2D eigenvalue weighted by atomic mass is 16.6. The molecule has 0 heterocycles. The maximum absolute atomic E-state index is 11.2. The Hall–Kier alpha value is -4.64. The Kier molecular flexibility index (Phi) is 3.83. The van der Waals surface area contributed by atoms with Gasteiger partial charge in [-0.3, -0.25) is 30.3 Å². The fraction of sp³-hybridized carbons (Fsp3) is 0. The van der Waals surface area contributed by atoms with E-state index in [9.17, 15) is 40.9 Å². The van der Waals surface area contributed by atoms with Crippen molar-refractivity contribution in [2.75, 3.05) is 0 Å². The average molecular weight is 363 g/mol. The quantitative estimate of drug-likeness (QED) is 0.386. The van der Waals surface area contributed by atoms with Crippen LogP contribution in [-0.4, -0.2) is 14.8 Å². The molecule has 130 valence electrons. The SMILES string of the molecule is N#CC(C#N)=C1c2cc([N+](=O)[O-])ccc2-c2cc([N+](=O)[O-])c([N+](=O)[O-])cc21. The van der Waals surface area contributed by atoms with Crippen molar-refractivity contribution in [2.24, 2.45) is 0 Å². The van der Waals surface area contributed by atoms with Gasteiger partial charge in [-0.2, -0.15) is 10.5 Å². The largest absolute Gasteiger partial charge is 0.346 e. The molecular weight excluding hydrogens is 358 g/mol. The number of rotatable bonds is 3. The average Bonchev–Trinajstić information content (AvgIpc) is 2.95. The summed E-state index contributed by atoms with van der Waals surface area (Å²) in [5, 5.41) is 51.9. The van der Waals surface area contributed by atoms with Crippen LogP contribution in [0.3, 0.4) is 0 Å². The van der Waals surface area contributed by atoms with E-state index in [0.29, 0.717) is 5.56 Å². The van der Waals surface area contributed by atoms with E-state index < -0.39 is 31.7 Å². The number of nitro benzene ring substituents is 3. The summed E-state index contributed by atoms with van der Waals surface area (Å²) in [7, 11) is 0. The Morgan fingerprint density at radius 2 is 1.26 bits per heavy atom. The molecule has 0 amide bonds. The van der Waals surface area contributed by atoms with Gasteiger partial charge >= 0.3 is 11.4 Å². The maximum Gasteiger partial charge on any atom is 0.346 e. The molecule has 11 heteroatoms. The zero-order chi connectivity index (χ0) is 19.9. The van der Waals surface area contributed by atoms with E-state index >= 15 is 0 Å². The van der Waals surface area contributed by atoms with Gasteiger partial charge in [0.25, 0.3) is 5.69 Å². The van der Waals surface area contributed by atoms with E-state index in [1.54, 1.807) is 12.1 Å². The third-order valence-electron chi connectivity index (χ3n) is 4.02. The first-order valence-electron chi connectivity index (χ1n) is 7.11. The Labute approximate surface area is 149 Å². The van der Waals surface area contributed by atoms with E-state index in [2.05, 4.69) is 0 Å². The minimum atomic E-state index is -0.945. The fourth-order valence-electron chi connectivity index (χ4n) is 2.94. The number of nitrogens with zero attached hydrogens (tertiary/aromatic N) is 5. The smallest absolute Gasteiger partial charge is 0.258 e. The fourth-order valence-corrected chi connectivity index (χ4v) is 2.94. The molecule has 2 aromatic rings. The van der Waals surface area contributed by atoms with Crippen LogP contribution in [0.1, 0.15) is 11.1 Å². The van der Waals surface area contributed by atoms with Crippen LogP contribution in [0.25, 0.3) is 16.7 Å². The van der Waals surface area contributed by atoms with Gasteiger partial charge in [-0.25, -0.2) is 0 Å². The molecule has 0 radical (unpaired) electrons. The Morgan fingerprint density at radius 3 is 1.74 bits per heavy atom. The van der Waals surface area contributed by atoms with Gasteiger partial charge in [0.05, 0.1) is 14.8 Å². The molecule has 0 aromatic heterocycles. The Bertz CT molecular complexity index is 1170. The van der Waals surface area contributed by atoms with Crippen molar-refractivity contribution in [1.82, 2.24) is 0 Å². The lowest BCUT2D eigenvalue weighted by atomic mass is 9.98. The van der Waals surface area contributed by atoms with Crippen molar-refractivity contribution >= 4 is 22.6 Å². The second-order valence-corrected chi connectivity index (χ2v) is 5.36. The second-order valence-electron chi connectivity index (χ2n) is 5.36. The van der Waals surface area contributed by atoms with Gasteiger partial charge < -0.3 is 0 Å². The first-order valence-corrected chi connectivity index (χ1v) is 7.11. The number of hydrogen-bond acceptors (Lipinski definition) is 8. The molecular formula is C16H5N5O6. The van der Waals surface area contributed by atoms with E-state index in [4.69, 9.17) is 0 Å². The molecule has 0 atom stereocenters. The highest BCUT2D eigenvalue weighted by Crippen LogP contribution is 2.50. The lowest BCUT2D eigenvalue weighted by Gasteiger charge is -2.03. The van der Waals surface area contributed by atoms with Gasteiger partial charge in [-0.05, 0) is 28.3 Å². The van der Waals surface area contributed by atoms with Crippen molar-refractivity contribution in [1.29, 1.82) is 10.5 Å². The van der Waals surface area contributed by atoms with Crippen LogP contribution in [0.2, 0.25) is 0 Å². The first-order chi connectivity index (χ1) is 12.8. The number of allylic oxidation sites excluding steroid dienone is 1. The summed E-state index contributed by atoms with van der Waals surface area (Å²) >= 11 is 0. The van der Waals surface area contributed by atoms with Gasteiger partial charge in [-0.1, -0.05) is 0 Å². The summed E-state index contributed by atoms with van der Waals surface area (Å²) in [5.74, 6) is 0. The molecule has 0 N–H and O–H groups in total. The molecule has 0 fully saturated rings. The number of non-ortho nitro benzene ring substituents is 1. The van der Waals surface area contributed by atoms with Crippen molar-refractivity contribution in [3.05, 3.63) is 77.4 Å². The first kappa shape index (κ1) is 17.2. The van der Waals surface area contributed by atoms with Crippen LogP contribution in [0.5, 0.6) is 0 Å². The summed E-state index contributed by atoms with van der Waals surface area (Å²) in [6.45, 7) is 0. The molecule has 1 aliphatic rings. The van der Waals surface area contributed by atoms with Crippen molar-refractivity contribution < 1.29 is 14.8 Å². The van der Waals surface area contributed by atoms with Gasteiger partial charge in [-0.15, -0.1) is 0 Å². The third kappa shape index (κ3) is 2.52. The van der Waals surface area contributed by atoms with Gasteiger partial charge in [0.2, 0.25) is 0 Å². The molecule has 0 unspecified atom stereocenters. The number of fused-ring (bicyclic) bond motifs is 3. The maximum atomic E-state index is 11.2. The predicted octanol–water partition coefficient (Wildman–Crippen LogP) is 3.24. The normalized spacial score (nSPS) is 11.0. The van der Waals surface area contributed by atoms with Crippen molar-refractivity contribution in [2.45, 2.75) is 0 Å². The summed E-state index contributed by atoms with van der Waals surface area (Å²) in [5.41, 5.74) is -1.69. The molecule has 0 saturated carbocycles. The highest BCUT2D eigenvalue weighted by Gasteiger charge is 2.35. The number of nitro groups is 3.